The standard InChI is InChI=1S/C14H26N2OS/c1-5-13(3)12(17)16(11(2)15-13)10-14(18-4)8-6-7-9-14/h11,15H,5-10H2,1-4H3. The maximum absolute atomic E-state index is 12.6. The molecule has 1 saturated carbocycles. The van der Waals surface area contributed by atoms with Gasteiger partial charge in [0.15, 0.2) is 0 Å². The first kappa shape index (κ1) is 14.2. The minimum atomic E-state index is -0.350. The number of nitrogens with one attached hydrogen (secondary N) is 1. The van der Waals surface area contributed by atoms with Gasteiger partial charge in [-0.1, -0.05) is 19.8 Å². The third kappa shape index (κ3) is 2.29. The Kier molecular flexibility index (Phi) is 3.98. The summed E-state index contributed by atoms with van der Waals surface area (Å²) >= 11 is 1.96. The summed E-state index contributed by atoms with van der Waals surface area (Å²) in [5, 5.41) is 3.46. The van der Waals surface area contributed by atoms with E-state index in [9.17, 15) is 4.79 Å². The lowest BCUT2D eigenvalue weighted by Crippen LogP contribution is -2.45. The number of carbonyl (C=O) groups is 1. The molecule has 1 aliphatic carbocycles. The van der Waals surface area contributed by atoms with Crippen molar-refractivity contribution in [2.75, 3.05) is 12.8 Å². The van der Waals surface area contributed by atoms with Crippen LogP contribution >= 0.6 is 11.8 Å². The molecular weight excluding hydrogens is 244 g/mol. The Morgan fingerprint density at radius 3 is 2.50 bits per heavy atom. The van der Waals surface area contributed by atoms with E-state index >= 15 is 0 Å². The van der Waals surface area contributed by atoms with Crippen LogP contribution in [-0.4, -0.2) is 40.1 Å². The molecule has 0 aromatic carbocycles. The molecule has 1 N–H and O–H groups in total. The zero-order chi connectivity index (χ0) is 13.4. The molecule has 2 rings (SSSR count). The van der Waals surface area contributed by atoms with Gasteiger partial charge in [-0.2, -0.15) is 11.8 Å². The van der Waals surface area contributed by atoms with E-state index in [1.54, 1.807) is 0 Å². The number of rotatable bonds is 4. The largest absolute Gasteiger partial charge is 0.324 e. The fourth-order valence-electron chi connectivity index (χ4n) is 3.31. The number of hydrogen-bond acceptors (Lipinski definition) is 3. The van der Waals surface area contributed by atoms with Gasteiger partial charge in [0.05, 0.1) is 11.7 Å². The molecule has 2 aliphatic rings. The van der Waals surface area contributed by atoms with Gasteiger partial charge < -0.3 is 4.90 Å². The summed E-state index contributed by atoms with van der Waals surface area (Å²) in [7, 11) is 0. The van der Waals surface area contributed by atoms with Crippen molar-refractivity contribution in [3.63, 3.8) is 0 Å². The van der Waals surface area contributed by atoms with Crippen LogP contribution in [0.1, 0.15) is 52.9 Å². The highest BCUT2D eigenvalue weighted by Gasteiger charge is 2.48. The van der Waals surface area contributed by atoms with Crippen molar-refractivity contribution in [2.24, 2.45) is 0 Å². The first-order valence-corrected chi connectivity index (χ1v) is 8.33. The van der Waals surface area contributed by atoms with Gasteiger partial charge in [0.2, 0.25) is 5.91 Å². The second kappa shape index (κ2) is 5.04. The SMILES string of the molecule is CCC1(C)NC(C)N(CC2(SC)CCCC2)C1=O. The molecule has 1 amide bonds. The maximum atomic E-state index is 12.6. The lowest BCUT2D eigenvalue weighted by molar-refractivity contribution is -0.133. The quantitative estimate of drug-likeness (QED) is 0.852. The Morgan fingerprint density at radius 2 is 2.06 bits per heavy atom. The van der Waals surface area contributed by atoms with Gasteiger partial charge >= 0.3 is 0 Å². The molecule has 0 aromatic rings. The highest BCUT2D eigenvalue weighted by Crippen LogP contribution is 2.42. The van der Waals surface area contributed by atoms with Crippen molar-refractivity contribution >= 4 is 17.7 Å². The minimum Gasteiger partial charge on any atom is -0.324 e. The zero-order valence-corrected chi connectivity index (χ0v) is 12.9. The number of carbonyl (C=O) groups excluding carboxylic acids is 1. The maximum Gasteiger partial charge on any atom is 0.243 e. The fourth-order valence-corrected chi connectivity index (χ4v) is 4.28. The van der Waals surface area contributed by atoms with E-state index in [4.69, 9.17) is 0 Å². The molecule has 0 aromatic heterocycles. The molecule has 2 atom stereocenters. The van der Waals surface area contributed by atoms with Crippen LogP contribution in [0.2, 0.25) is 0 Å². The molecule has 1 saturated heterocycles. The van der Waals surface area contributed by atoms with E-state index < -0.39 is 0 Å². The third-order valence-electron chi connectivity index (χ3n) is 4.84. The normalized spacial score (nSPS) is 35.4. The summed E-state index contributed by atoms with van der Waals surface area (Å²) in [5.74, 6) is 0.290. The molecular formula is C14H26N2OS. The van der Waals surface area contributed by atoms with Crippen LogP contribution in [0.5, 0.6) is 0 Å². The Morgan fingerprint density at radius 1 is 1.44 bits per heavy atom. The van der Waals surface area contributed by atoms with Crippen molar-refractivity contribution in [3.8, 4) is 0 Å². The van der Waals surface area contributed by atoms with Crippen LogP contribution in [0.4, 0.5) is 0 Å². The van der Waals surface area contributed by atoms with E-state index in [0.29, 0.717) is 4.75 Å². The predicted octanol–water partition coefficient (Wildman–Crippen LogP) is 2.61. The summed E-state index contributed by atoms with van der Waals surface area (Å²) in [6.45, 7) is 7.14. The Hall–Kier alpha value is -0.220. The van der Waals surface area contributed by atoms with Gasteiger partial charge in [-0.15, -0.1) is 0 Å². The van der Waals surface area contributed by atoms with E-state index in [1.165, 1.54) is 25.7 Å². The summed E-state index contributed by atoms with van der Waals surface area (Å²) in [6.07, 6.45) is 8.38. The molecule has 104 valence electrons. The fraction of sp³-hybridized carbons (Fsp3) is 0.929. The first-order chi connectivity index (χ1) is 8.46. The predicted molar refractivity (Wildman–Crippen MR) is 77.7 cm³/mol. The molecule has 4 heteroatoms. The van der Waals surface area contributed by atoms with E-state index in [2.05, 4.69) is 30.3 Å². The van der Waals surface area contributed by atoms with Crippen LogP contribution in [0.25, 0.3) is 0 Å². The first-order valence-electron chi connectivity index (χ1n) is 7.10. The van der Waals surface area contributed by atoms with Gasteiger partial charge in [0, 0.05) is 11.3 Å². The van der Waals surface area contributed by atoms with Gasteiger partial charge in [-0.05, 0) is 39.4 Å². The summed E-state index contributed by atoms with van der Waals surface area (Å²) < 4.78 is 0.310. The number of nitrogens with zero attached hydrogens (tertiary/aromatic N) is 1. The second-order valence-corrected chi connectivity index (χ2v) is 7.31. The van der Waals surface area contributed by atoms with Gasteiger partial charge in [0.1, 0.15) is 0 Å². The lowest BCUT2D eigenvalue weighted by Gasteiger charge is -2.34. The third-order valence-corrected chi connectivity index (χ3v) is 6.24. The van der Waals surface area contributed by atoms with Crippen molar-refractivity contribution in [1.29, 1.82) is 0 Å². The van der Waals surface area contributed by atoms with Crippen LogP contribution < -0.4 is 5.32 Å². The highest BCUT2D eigenvalue weighted by molar-refractivity contribution is 8.00. The smallest absolute Gasteiger partial charge is 0.243 e. The van der Waals surface area contributed by atoms with Gasteiger partial charge in [-0.3, -0.25) is 10.1 Å². The molecule has 1 aliphatic heterocycles. The molecule has 0 bridgehead atoms. The van der Waals surface area contributed by atoms with Crippen LogP contribution in [-0.2, 0) is 4.79 Å². The monoisotopic (exact) mass is 270 g/mol. The molecule has 2 unspecified atom stereocenters. The average molecular weight is 270 g/mol. The van der Waals surface area contributed by atoms with E-state index in [1.807, 2.05) is 18.7 Å². The van der Waals surface area contributed by atoms with Crippen molar-refractivity contribution in [3.05, 3.63) is 0 Å². The summed E-state index contributed by atoms with van der Waals surface area (Å²) in [4.78, 5) is 14.6. The van der Waals surface area contributed by atoms with Crippen molar-refractivity contribution in [1.82, 2.24) is 10.2 Å². The number of hydrogen-bond donors (Lipinski definition) is 1. The minimum absolute atomic E-state index is 0.173. The van der Waals surface area contributed by atoms with E-state index in [0.717, 1.165) is 13.0 Å². The van der Waals surface area contributed by atoms with Gasteiger partial charge in [-0.25, -0.2) is 0 Å². The Labute approximate surface area is 115 Å². The van der Waals surface area contributed by atoms with Crippen molar-refractivity contribution in [2.45, 2.75) is 69.3 Å². The molecule has 3 nitrogen and oxygen atoms in total. The molecule has 1 heterocycles. The van der Waals surface area contributed by atoms with Crippen molar-refractivity contribution < 1.29 is 4.79 Å². The number of amides is 1. The molecule has 2 fully saturated rings. The number of thioether (sulfide) groups is 1. The Bertz CT molecular complexity index is 328. The summed E-state index contributed by atoms with van der Waals surface area (Å²) in [5.41, 5.74) is -0.350. The Balaban J connectivity index is 2.12. The zero-order valence-electron chi connectivity index (χ0n) is 12.1. The lowest BCUT2D eigenvalue weighted by atomic mass is 9.99. The highest BCUT2D eigenvalue weighted by atomic mass is 32.2. The molecule has 18 heavy (non-hydrogen) atoms. The average Bonchev–Trinajstić information content (AvgIpc) is 2.90. The molecule has 0 spiro atoms. The van der Waals surface area contributed by atoms with Crippen LogP contribution in [0.15, 0.2) is 0 Å². The summed E-state index contributed by atoms with van der Waals surface area (Å²) in [6, 6.07) is 0. The topological polar surface area (TPSA) is 32.3 Å². The van der Waals surface area contributed by atoms with E-state index in [-0.39, 0.29) is 17.6 Å². The molecule has 0 radical (unpaired) electrons. The van der Waals surface area contributed by atoms with Crippen LogP contribution in [0.3, 0.4) is 0 Å². The second-order valence-electron chi connectivity index (χ2n) is 6.03. The van der Waals surface area contributed by atoms with Gasteiger partial charge in [0.25, 0.3) is 0 Å². The van der Waals surface area contributed by atoms with Crippen LogP contribution in [0, 0.1) is 0 Å².